The number of hydrogen-bond acceptors (Lipinski definition) is 3. The van der Waals surface area contributed by atoms with Gasteiger partial charge >= 0.3 is 0 Å². The van der Waals surface area contributed by atoms with Gasteiger partial charge in [0, 0.05) is 61.0 Å². The molecule has 0 radical (unpaired) electrons. The number of para-hydroxylation sites is 6. The molecule has 0 saturated heterocycles. The van der Waals surface area contributed by atoms with Gasteiger partial charge in [-0.3, -0.25) is 9.97 Å². The number of pyridine rings is 2. The van der Waals surface area contributed by atoms with Gasteiger partial charge in [0.05, 0.1) is 79.3 Å². The molecule has 6 heterocycles. The lowest BCUT2D eigenvalue weighted by Gasteiger charge is -2.29. The summed E-state index contributed by atoms with van der Waals surface area (Å²) in [4.78, 5) is 9.71. The molecule has 0 amide bonds. The maximum atomic E-state index is 12.7. The molecule has 0 bridgehead atoms. The van der Waals surface area contributed by atoms with Crippen molar-refractivity contribution in [2.45, 2.75) is 27.2 Å². The molecule has 0 spiro atoms. The van der Waals surface area contributed by atoms with E-state index in [-0.39, 0.29) is 5.41 Å². The monoisotopic (exact) mass is 911 g/mol. The Hall–Kier alpha value is -9.25. The molecule has 0 unspecified atom stereocenters. The van der Waals surface area contributed by atoms with Gasteiger partial charge < -0.3 is 18.3 Å². The molecule has 336 valence electrons. The van der Waals surface area contributed by atoms with Crippen LogP contribution in [-0.4, -0.2) is 28.2 Å². The van der Waals surface area contributed by atoms with E-state index in [1.165, 1.54) is 5.56 Å². The van der Waals surface area contributed by atoms with Crippen LogP contribution >= 0.6 is 0 Å². The summed E-state index contributed by atoms with van der Waals surface area (Å²) < 4.78 is 9.53. The molecule has 7 nitrogen and oxygen atoms in total. The molecule has 0 atom stereocenters. The lowest BCUT2D eigenvalue weighted by Crippen LogP contribution is -2.16. The van der Waals surface area contributed by atoms with Gasteiger partial charge in [-0.05, 0) is 71.5 Å². The van der Waals surface area contributed by atoms with Gasteiger partial charge in [0.1, 0.15) is 11.6 Å². The van der Waals surface area contributed by atoms with Gasteiger partial charge in [-0.1, -0.05) is 154 Å². The number of hydrogen-bond donors (Lipinski definition) is 0. The first-order valence-corrected chi connectivity index (χ1v) is 24.3. The summed E-state index contributed by atoms with van der Waals surface area (Å²) in [5.41, 5.74) is 14.9. The molecule has 0 fully saturated rings. The summed E-state index contributed by atoms with van der Waals surface area (Å²) in [6, 6.07) is 68.2. The molecule has 0 aliphatic rings. The Morgan fingerprint density at radius 1 is 0.394 bits per heavy atom. The summed E-state index contributed by atoms with van der Waals surface area (Å²) in [6.07, 6.45) is 8.60. The average molecular weight is 912 g/mol. The van der Waals surface area contributed by atoms with Crippen molar-refractivity contribution in [3.63, 3.8) is 0 Å². The summed E-state index contributed by atoms with van der Waals surface area (Å²) in [6.45, 7) is 6.90. The van der Waals surface area contributed by atoms with E-state index < -0.39 is 0 Å². The van der Waals surface area contributed by atoms with Crippen LogP contribution in [0.1, 0.15) is 31.9 Å². The molecule has 14 aromatic rings. The highest BCUT2D eigenvalue weighted by Crippen LogP contribution is 2.52. The molecule has 14 rings (SSSR count). The number of benzene rings is 8. The lowest BCUT2D eigenvalue weighted by molar-refractivity contribution is 0.411. The predicted octanol–water partition coefficient (Wildman–Crippen LogP) is 16.0. The molecule has 6 aromatic heterocycles. The zero-order chi connectivity index (χ0) is 47.5. The van der Waals surface area contributed by atoms with Crippen molar-refractivity contribution in [3.8, 4) is 39.9 Å². The Labute approximate surface area is 409 Å². The van der Waals surface area contributed by atoms with E-state index in [4.69, 9.17) is 9.97 Å². The van der Waals surface area contributed by atoms with E-state index in [2.05, 4.69) is 227 Å². The second-order valence-electron chi connectivity index (χ2n) is 19.9. The Balaban J connectivity index is 1.36. The fourth-order valence-electron chi connectivity index (χ4n) is 11.8. The van der Waals surface area contributed by atoms with E-state index >= 15 is 0 Å². The quantitative estimate of drug-likeness (QED) is 0.167. The van der Waals surface area contributed by atoms with E-state index in [1.807, 2.05) is 24.8 Å². The normalized spacial score (nSPS) is 12.2. The highest BCUT2D eigenvalue weighted by Gasteiger charge is 2.35. The average Bonchev–Trinajstić information content (AvgIpc) is 4.13. The Morgan fingerprint density at radius 2 is 0.732 bits per heavy atom. The van der Waals surface area contributed by atoms with Gasteiger partial charge in [0.2, 0.25) is 0 Å². The van der Waals surface area contributed by atoms with E-state index in [0.29, 0.717) is 5.56 Å². The van der Waals surface area contributed by atoms with Gasteiger partial charge in [-0.25, -0.2) is 0 Å². The molecular formula is C64H45N7. The number of nitriles is 1. The minimum Gasteiger partial charge on any atom is -0.306 e. The van der Waals surface area contributed by atoms with Crippen LogP contribution in [0.15, 0.2) is 207 Å². The number of fused-ring (bicyclic) bond motifs is 12. The van der Waals surface area contributed by atoms with Crippen LogP contribution in [0, 0.1) is 16.7 Å². The third-order valence-corrected chi connectivity index (χ3v) is 14.5. The molecule has 0 saturated carbocycles. The van der Waals surface area contributed by atoms with Crippen molar-refractivity contribution in [1.29, 1.82) is 5.26 Å². The van der Waals surface area contributed by atoms with E-state index in [0.717, 1.165) is 128 Å². The molecule has 71 heavy (non-hydrogen) atoms. The summed E-state index contributed by atoms with van der Waals surface area (Å²) in [5, 5.41) is 21.4. The van der Waals surface area contributed by atoms with Crippen molar-refractivity contribution in [3.05, 3.63) is 218 Å². The largest absolute Gasteiger partial charge is 0.306 e. The Morgan fingerprint density at radius 3 is 1.08 bits per heavy atom. The van der Waals surface area contributed by atoms with Gasteiger partial charge in [0.15, 0.2) is 0 Å². The fraction of sp³-hybridized carbons (Fsp3) is 0.0781. The summed E-state index contributed by atoms with van der Waals surface area (Å²) in [7, 11) is 0. The van der Waals surface area contributed by atoms with Crippen molar-refractivity contribution in [1.82, 2.24) is 28.2 Å². The Bertz CT molecular complexity index is 4100. The third-order valence-electron chi connectivity index (χ3n) is 14.5. The maximum absolute atomic E-state index is 12.7. The van der Waals surface area contributed by atoms with Crippen LogP contribution in [0.3, 0.4) is 0 Å². The molecule has 7 heteroatoms. The van der Waals surface area contributed by atoms with Crippen LogP contribution in [0.25, 0.3) is 121 Å². The first-order chi connectivity index (χ1) is 34.9. The second kappa shape index (κ2) is 15.4. The van der Waals surface area contributed by atoms with Crippen molar-refractivity contribution < 1.29 is 0 Å². The van der Waals surface area contributed by atoms with Crippen LogP contribution in [0.5, 0.6) is 0 Å². The topological polar surface area (TPSA) is 69.3 Å². The number of aromatic nitrogens is 6. The molecule has 0 aliphatic heterocycles. The first-order valence-electron chi connectivity index (χ1n) is 24.3. The SMILES string of the molecule is CC(C)(C)Cc1cccc(-c2c(-n3c4ccccc4c4ccncc43)c(-n3c4ccccc4c4ccccc43)c(C#N)c(-n3c4ccccc4c4ccccc43)c2-n2c3ccccc3c3ccncc32)c1. The van der Waals surface area contributed by atoms with E-state index in [1.54, 1.807) is 0 Å². The van der Waals surface area contributed by atoms with Gasteiger partial charge in [-0.2, -0.15) is 5.26 Å². The van der Waals surface area contributed by atoms with Crippen LogP contribution in [0.2, 0.25) is 0 Å². The highest BCUT2D eigenvalue weighted by atomic mass is 15.1. The number of nitrogens with zero attached hydrogens (tertiary/aromatic N) is 7. The zero-order valence-corrected chi connectivity index (χ0v) is 39.5. The lowest BCUT2D eigenvalue weighted by atomic mass is 9.86. The first kappa shape index (κ1) is 40.8. The highest BCUT2D eigenvalue weighted by molar-refractivity contribution is 6.17. The minimum atomic E-state index is 0.00815. The summed E-state index contributed by atoms with van der Waals surface area (Å²) in [5.74, 6) is 0. The van der Waals surface area contributed by atoms with Crippen molar-refractivity contribution >= 4 is 87.2 Å². The maximum Gasteiger partial charge on any atom is 0.104 e. The number of rotatable bonds is 6. The van der Waals surface area contributed by atoms with Crippen molar-refractivity contribution in [2.75, 3.05) is 0 Å². The van der Waals surface area contributed by atoms with Crippen LogP contribution in [0.4, 0.5) is 0 Å². The standard InChI is InChI=1S/C64H45N7/c1-64(2,3)36-40-17-16-18-41(35-40)59-62(70-55-29-14-8-23-46(55)48-31-33-66-38-57(48)70)60(68-51-25-10-4-19-42(51)43-20-5-11-26-52(43)68)50(37-65)61(69-53-27-12-6-21-44(53)45-22-7-13-28-54(45)69)63(59)71-56-30-15-9-24-47(56)49-32-34-67-39-58(49)71/h4-35,38-39H,36H2,1-3H3. The van der Waals surface area contributed by atoms with Gasteiger partial charge in [0.25, 0.3) is 0 Å². The smallest absolute Gasteiger partial charge is 0.104 e. The fourth-order valence-corrected chi connectivity index (χ4v) is 11.8. The van der Waals surface area contributed by atoms with Crippen LogP contribution in [-0.2, 0) is 6.42 Å². The zero-order valence-electron chi connectivity index (χ0n) is 39.5. The Kier molecular flexibility index (Phi) is 8.83. The third kappa shape index (κ3) is 5.95. The van der Waals surface area contributed by atoms with E-state index in [9.17, 15) is 5.26 Å². The molecule has 8 aromatic carbocycles. The van der Waals surface area contributed by atoms with Gasteiger partial charge in [-0.15, -0.1) is 0 Å². The second-order valence-corrected chi connectivity index (χ2v) is 19.9. The molecular weight excluding hydrogens is 867 g/mol. The molecule has 0 aliphatic carbocycles. The minimum absolute atomic E-state index is 0.00815. The summed E-state index contributed by atoms with van der Waals surface area (Å²) >= 11 is 0. The predicted molar refractivity (Wildman–Crippen MR) is 293 cm³/mol. The van der Waals surface area contributed by atoms with Crippen LogP contribution < -0.4 is 0 Å². The molecule has 0 N–H and O–H groups in total. The van der Waals surface area contributed by atoms with Crippen molar-refractivity contribution in [2.24, 2.45) is 5.41 Å².